The SMILES string of the molecule is CCc1cc(Nc2ncc(Br)c(Nc3[c]c4nccnc4cc3)n2)c(OC)cc1N1CCC(N2CCNCC2)CC1. The predicted molar refractivity (Wildman–Crippen MR) is 167 cm³/mol. The first-order valence-corrected chi connectivity index (χ1v) is 15.0. The molecule has 0 amide bonds. The minimum absolute atomic E-state index is 0.459. The van der Waals surface area contributed by atoms with Gasteiger partial charge in [0, 0.05) is 81.7 Å². The van der Waals surface area contributed by atoms with Crippen molar-refractivity contribution in [3.8, 4) is 5.75 Å². The van der Waals surface area contributed by atoms with Gasteiger partial charge in [-0.25, -0.2) is 4.98 Å². The van der Waals surface area contributed by atoms with Crippen LogP contribution in [-0.4, -0.2) is 77.3 Å². The minimum atomic E-state index is 0.459. The molecule has 2 saturated heterocycles. The van der Waals surface area contributed by atoms with Gasteiger partial charge < -0.3 is 25.6 Å². The lowest BCUT2D eigenvalue weighted by Crippen LogP contribution is -2.52. The molecule has 41 heavy (non-hydrogen) atoms. The molecule has 2 aliphatic rings. The largest absolute Gasteiger partial charge is 0.494 e. The quantitative estimate of drug-likeness (QED) is 0.253. The van der Waals surface area contributed by atoms with Crippen molar-refractivity contribution in [1.82, 2.24) is 30.2 Å². The van der Waals surface area contributed by atoms with E-state index in [9.17, 15) is 0 Å². The van der Waals surface area contributed by atoms with Crippen LogP contribution in [-0.2, 0) is 6.42 Å². The zero-order chi connectivity index (χ0) is 28.2. The first kappa shape index (κ1) is 27.6. The van der Waals surface area contributed by atoms with Gasteiger partial charge in [-0.3, -0.25) is 14.9 Å². The molecule has 6 rings (SSSR count). The second-order valence-electron chi connectivity index (χ2n) is 10.3. The molecule has 10 nitrogen and oxygen atoms in total. The molecule has 1 radical (unpaired) electrons. The smallest absolute Gasteiger partial charge is 0.229 e. The van der Waals surface area contributed by atoms with Gasteiger partial charge in [-0.05, 0) is 59.0 Å². The fraction of sp³-hybridized carbons (Fsp3) is 0.400. The van der Waals surface area contributed by atoms with Crippen LogP contribution in [0.4, 0.5) is 28.8 Å². The zero-order valence-electron chi connectivity index (χ0n) is 23.5. The molecule has 0 unspecified atom stereocenters. The number of rotatable bonds is 8. The number of methoxy groups -OCH3 is 1. The number of aryl methyl sites for hydroxylation is 1. The van der Waals surface area contributed by atoms with Gasteiger partial charge in [0.2, 0.25) is 5.95 Å². The molecule has 0 spiro atoms. The number of anilines is 5. The van der Waals surface area contributed by atoms with Crippen molar-refractivity contribution >= 4 is 55.8 Å². The topological polar surface area (TPSA) is 103 Å². The number of piperidine rings is 1. The number of halogens is 1. The summed E-state index contributed by atoms with van der Waals surface area (Å²) in [6.45, 7) is 8.82. The lowest BCUT2D eigenvalue weighted by molar-refractivity contribution is 0.150. The van der Waals surface area contributed by atoms with E-state index in [1.165, 1.54) is 24.1 Å². The second-order valence-corrected chi connectivity index (χ2v) is 11.2. The van der Waals surface area contributed by atoms with Crippen LogP contribution in [0.25, 0.3) is 11.0 Å². The van der Waals surface area contributed by atoms with Crippen LogP contribution in [0.15, 0.2) is 47.3 Å². The Bertz CT molecular complexity index is 1500. The third-order valence-corrected chi connectivity index (χ3v) is 8.47. The van der Waals surface area contributed by atoms with E-state index in [4.69, 9.17) is 9.72 Å². The lowest BCUT2D eigenvalue weighted by Gasteiger charge is -2.41. The number of ether oxygens (including phenoxy) is 1. The number of nitrogens with one attached hydrogen (secondary N) is 3. The molecule has 0 bridgehead atoms. The summed E-state index contributed by atoms with van der Waals surface area (Å²) >= 11 is 3.56. The Balaban J connectivity index is 1.19. The van der Waals surface area contributed by atoms with Gasteiger partial charge in [0.15, 0.2) is 0 Å². The van der Waals surface area contributed by atoms with Crippen LogP contribution < -0.4 is 25.6 Å². The molecule has 2 fully saturated rings. The molecule has 3 N–H and O–H groups in total. The summed E-state index contributed by atoms with van der Waals surface area (Å²) in [5.74, 6) is 1.84. The summed E-state index contributed by atoms with van der Waals surface area (Å²) in [4.78, 5) is 23.1. The van der Waals surface area contributed by atoms with E-state index < -0.39 is 0 Å². The highest BCUT2D eigenvalue weighted by Gasteiger charge is 2.27. The Labute approximate surface area is 249 Å². The number of hydrogen-bond acceptors (Lipinski definition) is 10. The number of piperazine rings is 1. The number of aromatic nitrogens is 4. The average molecular weight is 618 g/mol. The van der Waals surface area contributed by atoms with Crippen molar-refractivity contribution in [2.45, 2.75) is 32.2 Å². The second kappa shape index (κ2) is 12.5. The molecule has 11 heteroatoms. The van der Waals surface area contributed by atoms with Gasteiger partial charge in [-0.1, -0.05) is 6.92 Å². The van der Waals surface area contributed by atoms with E-state index in [-0.39, 0.29) is 0 Å². The maximum absolute atomic E-state index is 5.85. The maximum atomic E-state index is 5.85. The molecule has 2 aromatic heterocycles. The zero-order valence-corrected chi connectivity index (χ0v) is 25.0. The Morgan fingerprint density at radius 3 is 2.63 bits per heavy atom. The lowest BCUT2D eigenvalue weighted by atomic mass is 9.99. The molecule has 4 aromatic rings. The third-order valence-electron chi connectivity index (χ3n) is 7.89. The molecular formula is C30H35BrN9O. The Morgan fingerprint density at radius 1 is 1.05 bits per heavy atom. The van der Waals surface area contributed by atoms with E-state index >= 15 is 0 Å². The highest BCUT2D eigenvalue weighted by Crippen LogP contribution is 2.37. The van der Waals surface area contributed by atoms with Gasteiger partial charge in [-0.2, -0.15) is 4.98 Å². The van der Waals surface area contributed by atoms with Gasteiger partial charge in [-0.15, -0.1) is 0 Å². The average Bonchev–Trinajstić information content (AvgIpc) is 3.03. The first-order chi connectivity index (χ1) is 20.1. The molecule has 0 atom stereocenters. The van der Waals surface area contributed by atoms with Gasteiger partial charge >= 0.3 is 0 Å². The minimum Gasteiger partial charge on any atom is -0.494 e. The summed E-state index contributed by atoms with van der Waals surface area (Å²) in [7, 11) is 1.71. The van der Waals surface area contributed by atoms with E-state index in [2.05, 4.69) is 81.8 Å². The van der Waals surface area contributed by atoms with Crippen LogP contribution in [0, 0.1) is 6.07 Å². The van der Waals surface area contributed by atoms with Crippen molar-refractivity contribution < 1.29 is 4.74 Å². The van der Waals surface area contributed by atoms with E-state index in [1.807, 2.05) is 12.1 Å². The molecule has 0 saturated carbocycles. The highest BCUT2D eigenvalue weighted by molar-refractivity contribution is 9.10. The summed E-state index contributed by atoms with van der Waals surface area (Å²) in [5, 5.41) is 10.2. The molecule has 4 heterocycles. The van der Waals surface area contributed by atoms with Crippen LogP contribution in [0.2, 0.25) is 0 Å². The maximum Gasteiger partial charge on any atom is 0.229 e. The van der Waals surface area contributed by atoms with Crippen molar-refractivity contribution in [3.05, 3.63) is 59.0 Å². The molecular weight excluding hydrogens is 582 g/mol. The Morgan fingerprint density at radius 2 is 1.85 bits per heavy atom. The summed E-state index contributed by atoms with van der Waals surface area (Å²) in [6, 6.07) is 12.1. The predicted octanol–water partition coefficient (Wildman–Crippen LogP) is 4.91. The fourth-order valence-electron chi connectivity index (χ4n) is 5.71. The number of benzene rings is 2. The Kier molecular flexibility index (Phi) is 8.45. The molecule has 2 aliphatic heterocycles. The summed E-state index contributed by atoms with van der Waals surface area (Å²) in [6.07, 6.45) is 8.35. The van der Waals surface area contributed by atoms with E-state index in [1.54, 1.807) is 25.7 Å². The molecule has 0 aliphatic carbocycles. The van der Waals surface area contributed by atoms with Crippen LogP contribution >= 0.6 is 15.9 Å². The van der Waals surface area contributed by atoms with E-state index in [0.29, 0.717) is 23.3 Å². The highest BCUT2D eigenvalue weighted by atomic mass is 79.9. The van der Waals surface area contributed by atoms with Crippen LogP contribution in [0.3, 0.4) is 0 Å². The third kappa shape index (κ3) is 6.22. The van der Waals surface area contributed by atoms with Crippen LogP contribution in [0.1, 0.15) is 25.3 Å². The normalized spacial score (nSPS) is 16.6. The number of hydrogen-bond donors (Lipinski definition) is 3. The van der Waals surface area contributed by atoms with Crippen molar-refractivity contribution in [3.63, 3.8) is 0 Å². The van der Waals surface area contributed by atoms with Gasteiger partial charge in [0.1, 0.15) is 11.6 Å². The van der Waals surface area contributed by atoms with E-state index in [0.717, 1.165) is 72.8 Å². The molecule has 213 valence electrons. The van der Waals surface area contributed by atoms with Crippen LogP contribution in [0.5, 0.6) is 5.75 Å². The van der Waals surface area contributed by atoms with Crippen molar-refractivity contribution in [2.24, 2.45) is 0 Å². The Hall–Kier alpha value is -3.54. The monoisotopic (exact) mass is 616 g/mol. The molecule has 2 aromatic carbocycles. The van der Waals surface area contributed by atoms with Gasteiger partial charge in [0.25, 0.3) is 0 Å². The van der Waals surface area contributed by atoms with Crippen molar-refractivity contribution in [1.29, 1.82) is 0 Å². The first-order valence-electron chi connectivity index (χ1n) is 14.2. The van der Waals surface area contributed by atoms with Gasteiger partial charge in [0.05, 0.1) is 34.0 Å². The standard InChI is InChI=1S/C30H35BrN9O/c1-3-20-16-26(28(41-2)18-27(20)40-12-6-22(7-13-40)39-14-10-32-11-15-39)37-30-35-19-23(31)29(38-30)36-21-4-5-24-25(17-21)34-9-8-33-24/h4-5,8-9,16,18-19,22,32H,3,6-7,10-15H2,1-2H3,(H2,35,36,37,38). The summed E-state index contributed by atoms with van der Waals surface area (Å²) < 4.78 is 6.59. The summed E-state index contributed by atoms with van der Waals surface area (Å²) in [5.41, 5.74) is 5.57. The van der Waals surface area contributed by atoms with Crippen molar-refractivity contribution in [2.75, 3.05) is 61.9 Å². The number of nitrogens with zero attached hydrogens (tertiary/aromatic N) is 6. The fourth-order valence-corrected chi connectivity index (χ4v) is 6.00. The number of fused-ring (bicyclic) bond motifs is 1.